The zero-order valence-electron chi connectivity index (χ0n) is 10.5. The van der Waals surface area contributed by atoms with E-state index in [-0.39, 0.29) is 18.2 Å². The SMILES string of the molecule is Cc1ccc(C(=O)Nc2ccc(C(=O)CN)cc2)s1. The number of hydrogen-bond donors (Lipinski definition) is 2. The highest BCUT2D eigenvalue weighted by atomic mass is 32.1. The first-order valence-corrected chi connectivity index (χ1v) is 6.63. The van der Waals surface area contributed by atoms with Gasteiger partial charge < -0.3 is 11.1 Å². The third kappa shape index (κ3) is 3.27. The Bertz CT molecular complexity index is 602. The first-order chi connectivity index (χ1) is 9.10. The Morgan fingerprint density at radius 2 is 1.84 bits per heavy atom. The van der Waals surface area contributed by atoms with Crippen molar-refractivity contribution in [1.29, 1.82) is 0 Å². The minimum Gasteiger partial charge on any atom is -0.324 e. The molecule has 2 aromatic rings. The standard InChI is InChI=1S/C14H14N2O2S/c1-9-2-7-13(19-9)14(18)16-11-5-3-10(4-6-11)12(17)8-15/h2-7H,8,15H2,1H3,(H,16,18). The van der Waals surface area contributed by atoms with Gasteiger partial charge in [0.05, 0.1) is 11.4 Å². The van der Waals surface area contributed by atoms with Crippen molar-refractivity contribution in [2.24, 2.45) is 5.73 Å². The summed E-state index contributed by atoms with van der Waals surface area (Å²) in [5.41, 5.74) is 6.49. The minimum atomic E-state index is -0.143. The van der Waals surface area contributed by atoms with Crippen LogP contribution in [0.2, 0.25) is 0 Å². The summed E-state index contributed by atoms with van der Waals surface area (Å²) < 4.78 is 0. The first kappa shape index (κ1) is 13.5. The van der Waals surface area contributed by atoms with Gasteiger partial charge in [0.2, 0.25) is 0 Å². The Balaban J connectivity index is 2.07. The molecule has 0 aliphatic carbocycles. The Kier molecular flexibility index (Phi) is 4.09. The normalized spacial score (nSPS) is 10.2. The number of aryl methyl sites for hydroxylation is 1. The number of amides is 1. The number of ketones is 1. The highest BCUT2D eigenvalue weighted by Crippen LogP contribution is 2.17. The Morgan fingerprint density at radius 1 is 1.16 bits per heavy atom. The van der Waals surface area contributed by atoms with Gasteiger partial charge in [-0.05, 0) is 43.3 Å². The van der Waals surface area contributed by atoms with Crippen LogP contribution in [-0.4, -0.2) is 18.2 Å². The molecule has 4 nitrogen and oxygen atoms in total. The van der Waals surface area contributed by atoms with Gasteiger partial charge >= 0.3 is 0 Å². The molecule has 1 aromatic heterocycles. The third-order valence-corrected chi connectivity index (χ3v) is 3.61. The van der Waals surface area contributed by atoms with Gasteiger partial charge in [0, 0.05) is 16.1 Å². The minimum absolute atomic E-state index is 0.0137. The van der Waals surface area contributed by atoms with Crippen LogP contribution >= 0.6 is 11.3 Å². The van der Waals surface area contributed by atoms with Crippen molar-refractivity contribution in [2.45, 2.75) is 6.92 Å². The van der Waals surface area contributed by atoms with Crippen molar-refractivity contribution in [3.05, 3.63) is 51.7 Å². The maximum Gasteiger partial charge on any atom is 0.265 e. The van der Waals surface area contributed by atoms with Gasteiger partial charge in [-0.25, -0.2) is 0 Å². The zero-order valence-corrected chi connectivity index (χ0v) is 11.3. The lowest BCUT2D eigenvalue weighted by atomic mass is 10.1. The average molecular weight is 274 g/mol. The van der Waals surface area contributed by atoms with Crippen LogP contribution in [0.5, 0.6) is 0 Å². The van der Waals surface area contributed by atoms with Crippen molar-refractivity contribution in [3.8, 4) is 0 Å². The van der Waals surface area contributed by atoms with Crippen LogP contribution < -0.4 is 11.1 Å². The quantitative estimate of drug-likeness (QED) is 0.841. The summed E-state index contributed by atoms with van der Waals surface area (Å²) in [4.78, 5) is 25.0. The van der Waals surface area contributed by atoms with Crippen LogP contribution in [-0.2, 0) is 0 Å². The molecule has 19 heavy (non-hydrogen) atoms. The number of thiophene rings is 1. The third-order valence-electron chi connectivity index (χ3n) is 2.61. The maximum atomic E-state index is 11.9. The Labute approximate surface area is 115 Å². The molecular weight excluding hydrogens is 260 g/mol. The number of carbonyl (C=O) groups is 2. The van der Waals surface area contributed by atoms with E-state index in [0.717, 1.165) is 4.88 Å². The number of carbonyl (C=O) groups excluding carboxylic acids is 2. The van der Waals surface area contributed by atoms with E-state index in [0.29, 0.717) is 16.1 Å². The van der Waals surface area contributed by atoms with E-state index in [1.807, 2.05) is 13.0 Å². The maximum absolute atomic E-state index is 11.9. The first-order valence-electron chi connectivity index (χ1n) is 5.81. The number of rotatable bonds is 4. The van der Waals surface area contributed by atoms with E-state index < -0.39 is 0 Å². The highest BCUT2D eigenvalue weighted by Gasteiger charge is 2.09. The van der Waals surface area contributed by atoms with E-state index in [1.54, 1.807) is 30.3 Å². The number of nitrogens with two attached hydrogens (primary N) is 1. The lowest BCUT2D eigenvalue weighted by Crippen LogP contribution is -2.14. The molecule has 5 heteroatoms. The molecule has 0 saturated heterocycles. The van der Waals surface area contributed by atoms with E-state index in [2.05, 4.69) is 5.32 Å². The van der Waals surface area contributed by atoms with E-state index in [1.165, 1.54) is 11.3 Å². The van der Waals surface area contributed by atoms with Crippen LogP contribution in [0.4, 0.5) is 5.69 Å². The molecule has 0 fully saturated rings. The fraction of sp³-hybridized carbons (Fsp3) is 0.143. The fourth-order valence-corrected chi connectivity index (χ4v) is 2.37. The van der Waals surface area contributed by atoms with Gasteiger partial charge in [-0.15, -0.1) is 11.3 Å². The molecule has 0 saturated carbocycles. The van der Waals surface area contributed by atoms with E-state index in [4.69, 9.17) is 5.73 Å². The van der Waals surface area contributed by atoms with Gasteiger partial charge in [-0.2, -0.15) is 0 Å². The van der Waals surface area contributed by atoms with E-state index >= 15 is 0 Å². The van der Waals surface area contributed by atoms with E-state index in [9.17, 15) is 9.59 Å². The molecular formula is C14H14N2O2S. The molecule has 0 aliphatic rings. The summed E-state index contributed by atoms with van der Waals surface area (Å²) in [6.45, 7) is 1.94. The molecule has 98 valence electrons. The monoisotopic (exact) mass is 274 g/mol. The summed E-state index contributed by atoms with van der Waals surface area (Å²) in [5.74, 6) is -0.261. The van der Waals surface area contributed by atoms with Gasteiger partial charge in [0.15, 0.2) is 5.78 Å². The lowest BCUT2D eigenvalue weighted by Gasteiger charge is -2.04. The molecule has 0 radical (unpaired) electrons. The van der Waals surface area contributed by atoms with Crippen LogP contribution in [0.3, 0.4) is 0 Å². The zero-order chi connectivity index (χ0) is 13.8. The van der Waals surface area contributed by atoms with Gasteiger partial charge in [0.1, 0.15) is 0 Å². The van der Waals surface area contributed by atoms with Crippen LogP contribution in [0.1, 0.15) is 24.9 Å². The Morgan fingerprint density at radius 3 is 2.37 bits per heavy atom. The fourth-order valence-electron chi connectivity index (χ4n) is 1.61. The van der Waals surface area contributed by atoms with Crippen LogP contribution in [0, 0.1) is 6.92 Å². The second-order valence-electron chi connectivity index (χ2n) is 4.07. The summed E-state index contributed by atoms with van der Waals surface area (Å²) in [7, 11) is 0. The van der Waals surface area contributed by atoms with Gasteiger partial charge in [-0.3, -0.25) is 9.59 Å². The summed E-state index contributed by atoms with van der Waals surface area (Å²) >= 11 is 1.44. The largest absolute Gasteiger partial charge is 0.324 e. The summed E-state index contributed by atoms with van der Waals surface area (Å²) in [6, 6.07) is 10.4. The highest BCUT2D eigenvalue weighted by molar-refractivity contribution is 7.14. The number of hydrogen-bond acceptors (Lipinski definition) is 4. The number of Topliss-reactive ketones (excluding diaryl/α,β-unsaturated/α-hetero) is 1. The molecule has 0 spiro atoms. The number of nitrogens with one attached hydrogen (secondary N) is 1. The molecule has 0 bridgehead atoms. The topological polar surface area (TPSA) is 72.2 Å². The molecule has 1 aromatic carbocycles. The van der Waals surface area contributed by atoms with Crippen molar-refractivity contribution in [3.63, 3.8) is 0 Å². The molecule has 1 heterocycles. The molecule has 2 rings (SSSR count). The summed E-state index contributed by atoms with van der Waals surface area (Å²) in [6.07, 6.45) is 0. The smallest absolute Gasteiger partial charge is 0.265 e. The summed E-state index contributed by atoms with van der Waals surface area (Å²) in [5, 5.41) is 2.78. The van der Waals surface area contributed by atoms with Crippen LogP contribution in [0.15, 0.2) is 36.4 Å². The molecule has 0 atom stereocenters. The lowest BCUT2D eigenvalue weighted by molar-refractivity contribution is 0.0999. The number of benzene rings is 1. The second kappa shape index (κ2) is 5.77. The average Bonchev–Trinajstić information content (AvgIpc) is 2.85. The molecule has 3 N–H and O–H groups in total. The molecule has 0 aliphatic heterocycles. The van der Waals surface area contributed by atoms with Gasteiger partial charge in [-0.1, -0.05) is 0 Å². The molecule has 1 amide bonds. The van der Waals surface area contributed by atoms with Gasteiger partial charge in [0.25, 0.3) is 5.91 Å². The Hall–Kier alpha value is -1.98. The second-order valence-corrected chi connectivity index (χ2v) is 5.36. The van der Waals surface area contributed by atoms with Crippen molar-refractivity contribution in [1.82, 2.24) is 0 Å². The number of anilines is 1. The van der Waals surface area contributed by atoms with Crippen LogP contribution in [0.25, 0.3) is 0 Å². The van der Waals surface area contributed by atoms with Crippen molar-refractivity contribution in [2.75, 3.05) is 11.9 Å². The van der Waals surface area contributed by atoms with Crippen molar-refractivity contribution >= 4 is 28.7 Å². The molecule has 0 unspecified atom stereocenters. The predicted octanol–water partition coefficient (Wildman–Crippen LogP) is 2.45. The van der Waals surface area contributed by atoms with Crippen molar-refractivity contribution < 1.29 is 9.59 Å². The predicted molar refractivity (Wildman–Crippen MR) is 76.8 cm³/mol.